The van der Waals surface area contributed by atoms with Crippen LogP contribution in [0.4, 0.5) is 5.69 Å². The van der Waals surface area contributed by atoms with E-state index < -0.39 is 0 Å². The Morgan fingerprint density at radius 2 is 1.43 bits per heavy atom. The Balaban J connectivity index is 2.14. The number of hydrogen-bond acceptors (Lipinski definition) is 2. The Morgan fingerprint density at radius 3 is 2.13 bits per heavy atom. The van der Waals surface area contributed by atoms with Gasteiger partial charge in [-0.2, -0.15) is 0 Å². The van der Waals surface area contributed by atoms with Gasteiger partial charge in [-0.3, -0.25) is 10.1 Å². The molecule has 0 aliphatic heterocycles. The van der Waals surface area contributed by atoms with Crippen LogP contribution in [-0.2, 0) is 12.8 Å². The van der Waals surface area contributed by atoms with E-state index in [2.05, 4.69) is 12.1 Å². The highest BCUT2D eigenvalue weighted by Crippen LogP contribution is 2.44. The molecule has 0 aromatic heterocycles. The predicted molar refractivity (Wildman–Crippen MR) is 93.4 cm³/mol. The smallest absolute Gasteiger partial charge is 0.258 e. The van der Waals surface area contributed by atoms with Crippen molar-refractivity contribution < 1.29 is 4.92 Å². The number of hydrogen-bond donors (Lipinski definition) is 0. The van der Waals surface area contributed by atoms with E-state index in [1.54, 1.807) is 6.07 Å². The third kappa shape index (κ3) is 1.59. The molecule has 0 saturated carbocycles. The number of nitrogens with zero attached hydrogens (tertiary/aromatic N) is 1. The first-order valence-corrected chi connectivity index (χ1v) is 8.11. The Morgan fingerprint density at radius 1 is 0.826 bits per heavy atom. The fourth-order valence-corrected chi connectivity index (χ4v) is 4.38. The summed E-state index contributed by atoms with van der Waals surface area (Å²) in [5.74, 6) is 0. The van der Waals surface area contributed by atoms with Gasteiger partial charge in [0.25, 0.3) is 5.69 Å². The molecule has 23 heavy (non-hydrogen) atoms. The predicted octanol–water partition coefficient (Wildman–Crippen LogP) is 5.37. The first-order chi connectivity index (χ1) is 11.3. The Labute approximate surface area is 133 Å². The van der Waals surface area contributed by atoms with Gasteiger partial charge in [0.2, 0.25) is 0 Å². The van der Waals surface area contributed by atoms with Crippen molar-refractivity contribution in [2.75, 3.05) is 0 Å². The number of nitro benzene ring substituents is 1. The van der Waals surface area contributed by atoms with Crippen molar-refractivity contribution in [1.29, 1.82) is 0 Å². The molecule has 0 spiro atoms. The van der Waals surface area contributed by atoms with E-state index in [4.69, 9.17) is 0 Å². The summed E-state index contributed by atoms with van der Waals surface area (Å²) in [6, 6.07) is 13.9. The monoisotopic (exact) mass is 301 g/mol. The highest BCUT2D eigenvalue weighted by atomic mass is 16.6. The quantitative estimate of drug-likeness (QED) is 0.269. The van der Waals surface area contributed by atoms with Gasteiger partial charge >= 0.3 is 0 Å². The summed E-state index contributed by atoms with van der Waals surface area (Å²) < 4.78 is 0. The Hall–Kier alpha value is -2.68. The molecule has 0 heterocycles. The summed E-state index contributed by atoms with van der Waals surface area (Å²) in [4.78, 5) is 11.3. The van der Waals surface area contributed by atoms with Crippen molar-refractivity contribution in [3.8, 4) is 0 Å². The summed E-state index contributed by atoms with van der Waals surface area (Å²) in [7, 11) is 0. The molecule has 0 saturated heterocycles. The van der Waals surface area contributed by atoms with E-state index >= 15 is 0 Å². The summed E-state index contributed by atoms with van der Waals surface area (Å²) in [5.41, 5.74) is 3.07. The van der Waals surface area contributed by atoms with Crippen molar-refractivity contribution in [1.82, 2.24) is 0 Å². The molecule has 0 amide bonds. The topological polar surface area (TPSA) is 43.1 Å². The normalized spacial score (nSPS) is 14.6. The van der Waals surface area contributed by atoms with Gasteiger partial charge in [-0.1, -0.05) is 30.3 Å². The molecule has 112 valence electrons. The average molecular weight is 301 g/mol. The van der Waals surface area contributed by atoms with E-state index in [0.717, 1.165) is 29.0 Å². The number of non-ortho nitro benzene ring substituents is 1. The lowest BCUT2D eigenvalue weighted by Gasteiger charge is -2.23. The van der Waals surface area contributed by atoms with Crippen molar-refractivity contribution >= 4 is 38.0 Å². The standard InChI is InChI=1S/C20H15NO2/c22-21(23)18-11-12-5-3-8-15-13-6-1-2-7-14(13)16-9-4-10-17(18)20(16)19(12)15/h3-5,8-11H,1-2,6-7H2. The van der Waals surface area contributed by atoms with Crippen molar-refractivity contribution in [2.24, 2.45) is 0 Å². The molecule has 3 heteroatoms. The zero-order valence-corrected chi connectivity index (χ0v) is 12.6. The lowest BCUT2D eigenvalue weighted by atomic mass is 9.81. The van der Waals surface area contributed by atoms with Crippen LogP contribution in [0.25, 0.3) is 32.3 Å². The lowest BCUT2D eigenvalue weighted by Crippen LogP contribution is -2.05. The van der Waals surface area contributed by atoms with Gasteiger partial charge in [-0.05, 0) is 64.4 Å². The summed E-state index contributed by atoms with van der Waals surface area (Å²) in [6.07, 6.45) is 4.62. The number of aryl methyl sites for hydroxylation is 2. The first-order valence-electron chi connectivity index (χ1n) is 8.11. The fourth-order valence-electron chi connectivity index (χ4n) is 4.38. The molecule has 3 nitrogen and oxygen atoms in total. The van der Waals surface area contributed by atoms with E-state index in [1.165, 1.54) is 40.1 Å². The van der Waals surface area contributed by atoms with Crippen LogP contribution in [0.1, 0.15) is 24.0 Å². The minimum atomic E-state index is -0.254. The SMILES string of the molecule is O=[N+]([O-])c1cc2cccc3c4c(c5cccc1c5c23)CCCC4. The minimum absolute atomic E-state index is 0.214. The molecule has 4 aromatic rings. The van der Waals surface area contributed by atoms with Crippen molar-refractivity contribution in [3.63, 3.8) is 0 Å². The fraction of sp³-hybridized carbons (Fsp3) is 0.200. The van der Waals surface area contributed by atoms with Crippen LogP contribution in [0.3, 0.4) is 0 Å². The second kappa shape index (κ2) is 4.42. The second-order valence-corrected chi connectivity index (χ2v) is 6.45. The van der Waals surface area contributed by atoms with Gasteiger partial charge in [-0.15, -0.1) is 0 Å². The van der Waals surface area contributed by atoms with Crippen LogP contribution in [0.5, 0.6) is 0 Å². The molecule has 0 bridgehead atoms. The van der Waals surface area contributed by atoms with Gasteiger partial charge in [0.15, 0.2) is 0 Å². The van der Waals surface area contributed by atoms with Crippen LogP contribution in [0.15, 0.2) is 42.5 Å². The number of rotatable bonds is 1. The summed E-state index contributed by atoms with van der Waals surface area (Å²) in [5, 5.41) is 18.1. The molecule has 1 aliphatic rings. The highest BCUT2D eigenvalue weighted by Gasteiger charge is 2.23. The maximum Gasteiger partial charge on any atom is 0.277 e. The molecular weight excluding hydrogens is 286 g/mol. The lowest BCUT2D eigenvalue weighted by molar-refractivity contribution is -0.382. The van der Waals surface area contributed by atoms with E-state index in [9.17, 15) is 10.1 Å². The number of fused-ring (bicyclic) bond motifs is 3. The van der Waals surface area contributed by atoms with Crippen molar-refractivity contribution in [3.05, 3.63) is 63.7 Å². The molecule has 0 fully saturated rings. The zero-order valence-electron chi connectivity index (χ0n) is 12.6. The summed E-state index contributed by atoms with van der Waals surface area (Å²) in [6.45, 7) is 0. The van der Waals surface area contributed by atoms with Gasteiger partial charge in [0, 0.05) is 11.5 Å². The first kappa shape index (κ1) is 12.8. The Kier molecular flexibility index (Phi) is 2.46. The third-order valence-electron chi connectivity index (χ3n) is 5.29. The second-order valence-electron chi connectivity index (χ2n) is 6.45. The van der Waals surface area contributed by atoms with Gasteiger partial charge in [-0.25, -0.2) is 0 Å². The van der Waals surface area contributed by atoms with Crippen LogP contribution in [0, 0.1) is 10.1 Å². The molecule has 5 rings (SSSR count). The molecule has 1 aliphatic carbocycles. The number of nitro groups is 1. The van der Waals surface area contributed by atoms with E-state index in [0.29, 0.717) is 0 Å². The van der Waals surface area contributed by atoms with Crippen LogP contribution in [-0.4, -0.2) is 4.92 Å². The van der Waals surface area contributed by atoms with Gasteiger partial charge in [0.05, 0.1) is 10.3 Å². The van der Waals surface area contributed by atoms with E-state index in [-0.39, 0.29) is 10.6 Å². The average Bonchev–Trinajstić information content (AvgIpc) is 2.60. The van der Waals surface area contributed by atoms with E-state index in [1.807, 2.05) is 24.3 Å². The molecule has 0 N–H and O–H groups in total. The van der Waals surface area contributed by atoms with Crippen LogP contribution in [0.2, 0.25) is 0 Å². The highest BCUT2D eigenvalue weighted by molar-refractivity contribution is 6.26. The molecule has 0 atom stereocenters. The molecule has 0 unspecified atom stereocenters. The molecular formula is C20H15NO2. The molecule has 0 radical (unpaired) electrons. The van der Waals surface area contributed by atoms with Gasteiger partial charge in [0.1, 0.15) is 0 Å². The largest absolute Gasteiger partial charge is 0.277 e. The maximum atomic E-state index is 11.5. The van der Waals surface area contributed by atoms with Gasteiger partial charge < -0.3 is 0 Å². The van der Waals surface area contributed by atoms with Crippen molar-refractivity contribution in [2.45, 2.75) is 25.7 Å². The zero-order chi connectivity index (χ0) is 15.6. The Bertz CT molecular complexity index is 1100. The summed E-state index contributed by atoms with van der Waals surface area (Å²) >= 11 is 0. The maximum absolute atomic E-state index is 11.5. The minimum Gasteiger partial charge on any atom is -0.258 e. The molecule has 4 aromatic carbocycles. The van der Waals surface area contributed by atoms with Crippen LogP contribution < -0.4 is 0 Å². The van der Waals surface area contributed by atoms with Crippen LogP contribution >= 0.6 is 0 Å². The number of benzene rings is 4. The third-order valence-corrected chi connectivity index (χ3v) is 5.29.